The predicted molar refractivity (Wildman–Crippen MR) is 68.1 cm³/mol. The number of nitrogens with zero attached hydrogens (tertiary/aromatic N) is 1. The number of para-hydroxylation sites is 2. The summed E-state index contributed by atoms with van der Waals surface area (Å²) in [7, 11) is 3.43. The van der Waals surface area contributed by atoms with Crippen LogP contribution in [0.15, 0.2) is 24.3 Å². The second-order valence-electron chi connectivity index (χ2n) is 3.51. The Morgan fingerprint density at radius 1 is 1.53 bits per heavy atom. The number of anilines is 1. The first-order chi connectivity index (χ1) is 8.19. The number of benzene rings is 1. The Labute approximate surface area is 102 Å². The zero-order valence-electron chi connectivity index (χ0n) is 10.1. The van der Waals surface area contributed by atoms with Gasteiger partial charge in [0.2, 0.25) is 5.91 Å². The van der Waals surface area contributed by atoms with Gasteiger partial charge in [0.1, 0.15) is 5.75 Å². The molecule has 90 valence electrons. The topological polar surface area (TPSA) is 41.6 Å². The van der Waals surface area contributed by atoms with Gasteiger partial charge in [-0.1, -0.05) is 18.1 Å². The molecular weight excluding hydrogens is 216 g/mol. The van der Waals surface area contributed by atoms with Crippen LogP contribution in [0.4, 0.5) is 5.69 Å². The lowest BCUT2D eigenvalue weighted by atomic mass is 10.2. The first-order valence-corrected chi connectivity index (χ1v) is 5.23. The zero-order chi connectivity index (χ0) is 12.7. The van der Waals surface area contributed by atoms with Crippen molar-refractivity contribution in [3.05, 3.63) is 24.3 Å². The fourth-order valence-electron chi connectivity index (χ4n) is 1.45. The summed E-state index contributed by atoms with van der Waals surface area (Å²) in [6.07, 6.45) is 5.07. The highest BCUT2D eigenvalue weighted by Crippen LogP contribution is 2.26. The Morgan fingerprint density at radius 3 is 2.88 bits per heavy atom. The minimum Gasteiger partial charge on any atom is -0.495 e. The molecule has 0 aliphatic rings. The molecule has 0 bridgehead atoms. The minimum atomic E-state index is -0.114. The van der Waals surface area contributed by atoms with Crippen LogP contribution in [0.2, 0.25) is 0 Å². The average Bonchev–Trinajstić information content (AvgIpc) is 2.36. The molecule has 4 nitrogen and oxygen atoms in total. The van der Waals surface area contributed by atoms with Gasteiger partial charge >= 0.3 is 0 Å². The maximum atomic E-state index is 11.5. The lowest BCUT2D eigenvalue weighted by Crippen LogP contribution is -2.35. The number of nitrogens with one attached hydrogen (secondary N) is 1. The third-order valence-electron chi connectivity index (χ3n) is 2.26. The Hall–Kier alpha value is -2.15. The number of methoxy groups -OCH3 is 1. The van der Waals surface area contributed by atoms with Crippen LogP contribution in [0.1, 0.15) is 0 Å². The number of terminal acetylenes is 1. The number of rotatable bonds is 5. The highest BCUT2D eigenvalue weighted by molar-refractivity contribution is 5.82. The summed E-state index contributed by atoms with van der Waals surface area (Å²) in [5, 5.41) is 2.61. The van der Waals surface area contributed by atoms with Crippen LogP contribution in [-0.2, 0) is 4.79 Å². The molecule has 1 aromatic rings. The maximum absolute atomic E-state index is 11.5. The normalized spacial score (nSPS) is 9.24. The summed E-state index contributed by atoms with van der Waals surface area (Å²) in [4.78, 5) is 13.3. The monoisotopic (exact) mass is 232 g/mol. The van der Waals surface area contributed by atoms with Gasteiger partial charge in [-0.3, -0.25) is 4.79 Å². The maximum Gasteiger partial charge on any atom is 0.240 e. The fraction of sp³-hybridized carbons (Fsp3) is 0.308. The van der Waals surface area contributed by atoms with E-state index < -0.39 is 0 Å². The van der Waals surface area contributed by atoms with E-state index in [9.17, 15) is 4.79 Å². The van der Waals surface area contributed by atoms with E-state index in [0.29, 0.717) is 0 Å². The first kappa shape index (κ1) is 12.9. The molecule has 0 fully saturated rings. The number of amides is 1. The summed E-state index contributed by atoms with van der Waals surface area (Å²) >= 11 is 0. The van der Waals surface area contributed by atoms with Gasteiger partial charge in [-0.05, 0) is 12.1 Å². The van der Waals surface area contributed by atoms with Crippen molar-refractivity contribution in [3.63, 3.8) is 0 Å². The van der Waals surface area contributed by atoms with E-state index >= 15 is 0 Å². The fourth-order valence-corrected chi connectivity index (χ4v) is 1.45. The molecule has 1 N–H and O–H groups in total. The van der Waals surface area contributed by atoms with Gasteiger partial charge in [0.05, 0.1) is 25.9 Å². The highest BCUT2D eigenvalue weighted by atomic mass is 16.5. The first-order valence-electron chi connectivity index (χ1n) is 5.23. The summed E-state index contributed by atoms with van der Waals surface area (Å²) < 4.78 is 5.22. The van der Waals surface area contributed by atoms with Gasteiger partial charge in [0.25, 0.3) is 0 Å². The van der Waals surface area contributed by atoms with E-state index in [1.165, 1.54) is 0 Å². The van der Waals surface area contributed by atoms with Crippen molar-refractivity contribution in [1.29, 1.82) is 0 Å². The molecule has 0 radical (unpaired) electrons. The molecule has 0 saturated heterocycles. The number of hydrogen-bond donors (Lipinski definition) is 1. The molecule has 0 aliphatic heterocycles. The molecule has 1 aromatic carbocycles. The highest BCUT2D eigenvalue weighted by Gasteiger charge is 2.10. The standard InChI is InChI=1S/C13H16N2O2/c1-4-9-14-13(16)10-15(2)11-7-5-6-8-12(11)17-3/h1,5-8H,9-10H2,2-3H3,(H,14,16). The van der Waals surface area contributed by atoms with Crippen molar-refractivity contribution >= 4 is 11.6 Å². The van der Waals surface area contributed by atoms with Crippen LogP contribution in [0.3, 0.4) is 0 Å². The molecule has 4 heteroatoms. The Morgan fingerprint density at radius 2 is 2.24 bits per heavy atom. The SMILES string of the molecule is C#CCNC(=O)CN(C)c1ccccc1OC. The molecule has 0 saturated carbocycles. The summed E-state index contributed by atoms with van der Waals surface area (Å²) in [6.45, 7) is 0.487. The second kappa shape index (κ2) is 6.44. The van der Waals surface area contributed by atoms with Crippen molar-refractivity contribution in [1.82, 2.24) is 5.32 Å². The Kier molecular flexibility index (Phi) is 4.89. The van der Waals surface area contributed by atoms with Gasteiger partial charge in [-0.25, -0.2) is 0 Å². The molecule has 0 heterocycles. The lowest BCUT2D eigenvalue weighted by Gasteiger charge is -2.20. The number of carbonyl (C=O) groups excluding carboxylic acids is 1. The number of hydrogen-bond acceptors (Lipinski definition) is 3. The molecule has 0 aliphatic carbocycles. The number of ether oxygens (including phenoxy) is 1. The molecule has 17 heavy (non-hydrogen) atoms. The largest absolute Gasteiger partial charge is 0.495 e. The smallest absolute Gasteiger partial charge is 0.240 e. The van der Waals surface area contributed by atoms with E-state index in [1.807, 2.05) is 36.2 Å². The molecule has 0 unspecified atom stereocenters. The second-order valence-corrected chi connectivity index (χ2v) is 3.51. The van der Waals surface area contributed by atoms with Crippen molar-refractivity contribution in [2.24, 2.45) is 0 Å². The quantitative estimate of drug-likeness (QED) is 0.766. The Bertz CT molecular complexity index is 424. The molecule has 1 amide bonds. The molecule has 0 spiro atoms. The van der Waals surface area contributed by atoms with Gasteiger partial charge in [-0.2, -0.15) is 0 Å². The average molecular weight is 232 g/mol. The molecule has 0 atom stereocenters. The third kappa shape index (κ3) is 3.72. The van der Waals surface area contributed by atoms with Gasteiger partial charge in [0.15, 0.2) is 0 Å². The molecular formula is C13H16N2O2. The van der Waals surface area contributed by atoms with Gasteiger partial charge < -0.3 is 15.0 Å². The van der Waals surface area contributed by atoms with E-state index in [4.69, 9.17) is 11.2 Å². The van der Waals surface area contributed by atoms with Crippen LogP contribution >= 0.6 is 0 Å². The lowest BCUT2D eigenvalue weighted by molar-refractivity contribution is -0.119. The summed E-state index contributed by atoms with van der Waals surface area (Å²) in [5.74, 6) is 2.98. The van der Waals surface area contributed by atoms with Crippen LogP contribution in [0, 0.1) is 12.3 Å². The van der Waals surface area contributed by atoms with E-state index in [-0.39, 0.29) is 19.0 Å². The van der Waals surface area contributed by atoms with Crippen molar-refractivity contribution in [3.8, 4) is 18.1 Å². The van der Waals surface area contributed by atoms with Gasteiger partial charge in [-0.15, -0.1) is 6.42 Å². The van der Waals surface area contributed by atoms with E-state index in [2.05, 4.69) is 11.2 Å². The Balaban J connectivity index is 2.66. The van der Waals surface area contributed by atoms with Crippen LogP contribution in [0.5, 0.6) is 5.75 Å². The minimum absolute atomic E-state index is 0.114. The number of carbonyl (C=O) groups is 1. The van der Waals surface area contributed by atoms with Crippen molar-refractivity contribution in [2.75, 3.05) is 32.1 Å². The van der Waals surface area contributed by atoms with Crippen LogP contribution in [0.25, 0.3) is 0 Å². The number of likely N-dealkylation sites (N-methyl/N-ethyl adjacent to an activating group) is 1. The van der Waals surface area contributed by atoms with E-state index in [0.717, 1.165) is 11.4 Å². The van der Waals surface area contributed by atoms with Crippen molar-refractivity contribution < 1.29 is 9.53 Å². The van der Waals surface area contributed by atoms with Crippen LogP contribution < -0.4 is 15.0 Å². The molecule has 1 rings (SSSR count). The summed E-state index contributed by atoms with van der Waals surface area (Å²) in [6, 6.07) is 7.53. The summed E-state index contributed by atoms with van der Waals surface area (Å²) in [5.41, 5.74) is 0.867. The predicted octanol–water partition coefficient (Wildman–Crippen LogP) is 0.881. The third-order valence-corrected chi connectivity index (χ3v) is 2.26. The van der Waals surface area contributed by atoms with Crippen molar-refractivity contribution in [2.45, 2.75) is 0 Å². The van der Waals surface area contributed by atoms with E-state index in [1.54, 1.807) is 7.11 Å². The van der Waals surface area contributed by atoms with Gasteiger partial charge in [0, 0.05) is 7.05 Å². The van der Waals surface area contributed by atoms with Crippen LogP contribution in [-0.4, -0.2) is 33.2 Å². The zero-order valence-corrected chi connectivity index (χ0v) is 10.1. The molecule has 0 aromatic heterocycles.